The van der Waals surface area contributed by atoms with Gasteiger partial charge in [0.2, 0.25) is 5.91 Å². The van der Waals surface area contributed by atoms with Crippen LogP contribution in [0.1, 0.15) is 30.7 Å². The zero-order valence-electron chi connectivity index (χ0n) is 10.2. The van der Waals surface area contributed by atoms with E-state index in [1.807, 2.05) is 0 Å². The van der Waals surface area contributed by atoms with E-state index in [1.54, 1.807) is 30.3 Å². The van der Waals surface area contributed by atoms with Crippen LogP contribution in [0, 0.1) is 0 Å². The molecule has 1 amide bonds. The van der Waals surface area contributed by atoms with Gasteiger partial charge in [0.15, 0.2) is 0 Å². The van der Waals surface area contributed by atoms with Gasteiger partial charge < -0.3 is 10.2 Å². The number of nitrogens with zero attached hydrogens (tertiary/aromatic N) is 1. The molecule has 1 atom stereocenters. The molecule has 0 fully saturated rings. The van der Waals surface area contributed by atoms with Crippen LogP contribution in [0.25, 0.3) is 0 Å². The summed E-state index contributed by atoms with van der Waals surface area (Å²) in [6.45, 7) is 2.58. The van der Waals surface area contributed by atoms with Gasteiger partial charge in [-0.1, -0.05) is 19.4 Å². The molecule has 0 aliphatic heterocycles. The summed E-state index contributed by atoms with van der Waals surface area (Å²) >= 11 is 1.74. The normalized spacial score (nSPS) is 12.4. The van der Waals surface area contributed by atoms with E-state index in [0.29, 0.717) is 12.6 Å². The van der Waals surface area contributed by atoms with Gasteiger partial charge in [0.25, 0.3) is 0 Å². The molecule has 1 rings (SSSR count). The molecule has 90 valence electrons. The number of rotatable bonds is 6. The predicted molar refractivity (Wildman–Crippen MR) is 68.7 cm³/mol. The molecule has 16 heavy (non-hydrogen) atoms. The lowest BCUT2D eigenvalue weighted by molar-refractivity contribution is -0.127. The molecule has 1 heterocycles. The van der Waals surface area contributed by atoms with Gasteiger partial charge >= 0.3 is 0 Å². The van der Waals surface area contributed by atoms with Crippen LogP contribution in [0.15, 0.2) is 17.5 Å². The van der Waals surface area contributed by atoms with Gasteiger partial charge in [-0.2, -0.15) is 0 Å². The number of likely N-dealkylation sites (N-methyl/N-ethyl adjacent to an activating group) is 1. The van der Waals surface area contributed by atoms with Crippen molar-refractivity contribution in [3.63, 3.8) is 0 Å². The SMILES string of the molecule is CCCC(NCC(=O)N(C)C)c1cccs1. The van der Waals surface area contributed by atoms with Crippen LogP contribution >= 0.6 is 11.3 Å². The van der Waals surface area contributed by atoms with Gasteiger partial charge in [-0.25, -0.2) is 0 Å². The zero-order valence-corrected chi connectivity index (χ0v) is 11.0. The van der Waals surface area contributed by atoms with Crippen LogP contribution in [0.2, 0.25) is 0 Å². The molecule has 4 heteroatoms. The minimum absolute atomic E-state index is 0.123. The van der Waals surface area contributed by atoms with Crippen molar-refractivity contribution in [1.82, 2.24) is 10.2 Å². The van der Waals surface area contributed by atoms with Crippen molar-refractivity contribution in [2.75, 3.05) is 20.6 Å². The molecule has 1 N–H and O–H groups in total. The molecule has 0 bridgehead atoms. The molecule has 0 spiro atoms. The number of amides is 1. The number of hydrogen-bond acceptors (Lipinski definition) is 3. The lowest BCUT2D eigenvalue weighted by atomic mass is 10.1. The summed E-state index contributed by atoms with van der Waals surface area (Å²) in [6.07, 6.45) is 2.19. The van der Waals surface area contributed by atoms with Crippen molar-refractivity contribution < 1.29 is 4.79 Å². The summed E-state index contributed by atoms with van der Waals surface area (Å²) in [6, 6.07) is 4.49. The first-order valence-corrected chi connectivity index (χ1v) is 6.50. The second-order valence-corrected chi connectivity index (χ2v) is 5.01. The van der Waals surface area contributed by atoms with E-state index >= 15 is 0 Å². The molecule has 0 aliphatic rings. The Morgan fingerprint density at radius 3 is 2.81 bits per heavy atom. The molecule has 1 aromatic heterocycles. The van der Waals surface area contributed by atoms with Crippen LogP contribution in [0.5, 0.6) is 0 Å². The number of carbonyl (C=O) groups is 1. The Labute approximate surface area is 101 Å². The maximum Gasteiger partial charge on any atom is 0.236 e. The lowest BCUT2D eigenvalue weighted by Crippen LogP contribution is -2.34. The fourth-order valence-electron chi connectivity index (χ4n) is 1.49. The number of hydrogen-bond donors (Lipinski definition) is 1. The highest BCUT2D eigenvalue weighted by Gasteiger charge is 2.13. The van der Waals surface area contributed by atoms with E-state index in [0.717, 1.165) is 12.8 Å². The van der Waals surface area contributed by atoms with Gasteiger partial charge in [0.05, 0.1) is 6.54 Å². The van der Waals surface area contributed by atoms with Crippen LogP contribution in [-0.2, 0) is 4.79 Å². The quantitative estimate of drug-likeness (QED) is 0.827. The first kappa shape index (κ1) is 13.2. The molecule has 0 aliphatic carbocycles. The van der Waals surface area contributed by atoms with Gasteiger partial charge in [-0.05, 0) is 17.9 Å². The maximum absolute atomic E-state index is 11.5. The Hall–Kier alpha value is -0.870. The van der Waals surface area contributed by atoms with E-state index in [4.69, 9.17) is 0 Å². The van der Waals surface area contributed by atoms with E-state index in [1.165, 1.54) is 4.88 Å². The fraction of sp³-hybridized carbons (Fsp3) is 0.583. The zero-order chi connectivity index (χ0) is 12.0. The van der Waals surface area contributed by atoms with Crippen LogP contribution in [-0.4, -0.2) is 31.4 Å². The second-order valence-electron chi connectivity index (χ2n) is 4.03. The van der Waals surface area contributed by atoms with E-state index < -0.39 is 0 Å². The highest BCUT2D eigenvalue weighted by atomic mass is 32.1. The fourth-order valence-corrected chi connectivity index (χ4v) is 2.33. The summed E-state index contributed by atoms with van der Waals surface area (Å²) in [5.74, 6) is 0.123. The first-order valence-electron chi connectivity index (χ1n) is 5.62. The Balaban J connectivity index is 2.49. The van der Waals surface area contributed by atoms with Crippen LogP contribution < -0.4 is 5.32 Å². The maximum atomic E-state index is 11.5. The lowest BCUT2D eigenvalue weighted by Gasteiger charge is -2.18. The summed E-state index contributed by atoms with van der Waals surface area (Å²) in [5, 5.41) is 5.40. The van der Waals surface area contributed by atoms with Gasteiger partial charge in [0.1, 0.15) is 0 Å². The monoisotopic (exact) mass is 240 g/mol. The summed E-state index contributed by atoms with van der Waals surface area (Å²) < 4.78 is 0. The van der Waals surface area contributed by atoms with E-state index in [-0.39, 0.29) is 5.91 Å². The van der Waals surface area contributed by atoms with Crippen molar-refractivity contribution in [2.24, 2.45) is 0 Å². The topological polar surface area (TPSA) is 32.3 Å². The summed E-state index contributed by atoms with van der Waals surface area (Å²) in [5.41, 5.74) is 0. The molecule has 0 saturated carbocycles. The summed E-state index contributed by atoms with van der Waals surface area (Å²) in [4.78, 5) is 14.4. The van der Waals surface area contributed by atoms with Crippen LogP contribution in [0.3, 0.4) is 0 Å². The summed E-state index contributed by atoms with van der Waals surface area (Å²) in [7, 11) is 3.56. The van der Waals surface area contributed by atoms with Crippen molar-refractivity contribution in [1.29, 1.82) is 0 Å². The van der Waals surface area contributed by atoms with Gasteiger partial charge in [-0.15, -0.1) is 11.3 Å². The Bertz CT molecular complexity index is 309. The minimum Gasteiger partial charge on any atom is -0.348 e. The van der Waals surface area contributed by atoms with E-state index in [2.05, 4.69) is 29.8 Å². The molecule has 1 aromatic rings. The van der Waals surface area contributed by atoms with Gasteiger partial charge in [0, 0.05) is 25.0 Å². The number of carbonyl (C=O) groups excluding carboxylic acids is 1. The Morgan fingerprint density at radius 1 is 1.56 bits per heavy atom. The van der Waals surface area contributed by atoms with Crippen molar-refractivity contribution in [3.8, 4) is 0 Å². The molecule has 0 saturated heterocycles. The Kier molecular flexibility index (Phi) is 5.49. The molecule has 0 radical (unpaired) electrons. The number of nitrogens with one attached hydrogen (secondary N) is 1. The third kappa shape index (κ3) is 3.94. The average molecular weight is 240 g/mol. The molecular formula is C12H20N2OS. The average Bonchev–Trinajstić information content (AvgIpc) is 2.76. The Morgan fingerprint density at radius 2 is 2.31 bits per heavy atom. The van der Waals surface area contributed by atoms with Gasteiger partial charge in [-0.3, -0.25) is 4.79 Å². The van der Waals surface area contributed by atoms with Crippen molar-refractivity contribution in [2.45, 2.75) is 25.8 Å². The highest BCUT2D eigenvalue weighted by Crippen LogP contribution is 2.22. The molecule has 1 unspecified atom stereocenters. The first-order chi connectivity index (χ1) is 7.65. The second kappa shape index (κ2) is 6.66. The minimum atomic E-state index is 0.123. The molecule has 0 aromatic carbocycles. The van der Waals surface area contributed by atoms with Crippen molar-refractivity contribution >= 4 is 17.2 Å². The number of thiophene rings is 1. The third-order valence-electron chi connectivity index (χ3n) is 2.46. The third-order valence-corrected chi connectivity index (χ3v) is 3.45. The largest absolute Gasteiger partial charge is 0.348 e. The van der Waals surface area contributed by atoms with Crippen LogP contribution in [0.4, 0.5) is 0 Å². The predicted octanol–water partition coefficient (Wildman–Crippen LogP) is 2.27. The smallest absolute Gasteiger partial charge is 0.236 e. The highest BCUT2D eigenvalue weighted by molar-refractivity contribution is 7.10. The molecule has 3 nitrogen and oxygen atoms in total. The van der Waals surface area contributed by atoms with E-state index in [9.17, 15) is 4.79 Å². The molecular weight excluding hydrogens is 220 g/mol. The standard InChI is InChI=1S/C12H20N2OS/c1-4-6-10(11-7-5-8-16-11)13-9-12(15)14(2)3/h5,7-8,10,13H,4,6,9H2,1-3H3. The van der Waals surface area contributed by atoms with Crippen molar-refractivity contribution in [3.05, 3.63) is 22.4 Å².